The van der Waals surface area contributed by atoms with Gasteiger partial charge in [0.25, 0.3) is 0 Å². The summed E-state index contributed by atoms with van der Waals surface area (Å²) in [5.74, 6) is -3.15. The highest BCUT2D eigenvalue weighted by Crippen LogP contribution is 2.38. The van der Waals surface area contributed by atoms with Gasteiger partial charge in [-0.2, -0.15) is 13.2 Å². The van der Waals surface area contributed by atoms with E-state index in [4.69, 9.17) is 0 Å². The Morgan fingerprint density at radius 3 is 2.05 bits per heavy atom. The summed E-state index contributed by atoms with van der Waals surface area (Å²) < 4.78 is 52.2. The van der Waals surface area contributed by atoms with Crippen molar-refractivity contribution < 1.29 is 22.4 Å². The normalized spacial score (nSPS) is 13.0. The molecule has 0 N–H and O–H groups in total. The second-order valence-corrected chi connectivity index (χ2v) is 4.64. The fraction of sp³-hybridized carbons (Fsp3) is 0.188. The Labute approximate surface area is 119 Å². The van der Waals surface area contributed by atoms with Crippen LogP contribution in [0.5, 0.6) is 0 Å². The largest absolute Gasteiger partial charge is 0.396 e. The van der Waals surface area contributed by atoms with Gasteiger partial charge in [0.1, 0.15) is 5.82 Å². The topological polar surface area (TPSA) is 17.1 Å². The minimum atomic E-state index is -4.57. The van der Waals surface area contributed by atoms with Crippen molar-refractivity contribution >= 4 is 5.78 Å². The third-order valence-corrected chi connectivity index (χ3v) is 3.15. The molecule has 0 aliphatic rings. The maximum absolute atomic E-state index is 13.1. The van der Waals surface area contributed by atoms with E-state index in [9.17, 15) is 22.4 Å². The molecule has 1 nitrogen and oxygen atoms in total. The summed E-state index contributed by atoms with van der Waals surface area (Å²) in [5, 5.41) is 0. The lowest BCUT2D eigenvalue weighted by Gasteiger charge is -2.20. The smallest absolute Gasteiger partial charge is 0.294 e. The minimum absolute atomic E-state index is 0.117. The molecule has 1 atom stereocenters. The van der Waals surface area contributed by atoms with Crippen molar-refractivity contribution in [2.75, 3.05) is 0 Å². The maximum Gasteiger partial charge on any atom is 0.396 e. The Bertz CT molecular complexity index is 602. The number of hydrogen-bond acceptors (Lipinski definition) is 1. The molecule has 2 aromatic carbocycles. The van der Waals surface area contributed by atoms with Gasteiger partial charge in [0.2, 0.25) is 0 Å². The molecule has 0 spiro atoms. The summed E-state index contributed by atoms with van der Waals surface area (Å²) in [7, 11) is 0. The highest BCUT2D eigenvalue weighted by molar-refractivity contribution is 5.96. The van der Waals surface area contributed by atoms with Gasteiger partial charge >= 0.3 is 6.18 Å². The van der Waals surface area contributed by atoms with Gasteiger partial charge in [-0.15, -0.1) is 0 Å². The number of ketones is 1. The molecule has 0 amide bonds. The zero-order chi connectivity index (χ0) is 15.5. The monoisotopic (exact) mass is 296 g/mol. The lowest BCUT2D eigenvalue weighted by atomic mass is 9.91. The molecule has 2 aromatic rings. The molecule has 0 radical (unpaired) electrons. The first-order valence-electron chi connectivity index (χ1n) is 6.28. The van der Waals surface area contributed by atoms with Crippen LogP contribution >= 0.6 is 0 Å². The average Bonchev–Trinajstić information content (AvgIpc) is 2.45. The van der Waals surface area contributed by atoms with Gasteiger partial charge in [0.15, 0.2) is 5.78 Å². The zero-order valence-corrected chi connectivity index (χ0v) is 10.9. The quantitative estimate of drug-likeness (QED) is 0.588. The number of Topliss-reactive ketones (excluding diaryl/α,β-unsaturated/α-hetero) is 1. The van der Waals surface area contributed by atoms with Gasteiger partial charge < -0.3 is 0 Å². The van der Waals surface area contributed by atoms with Crippen molar-refractivity contribution in [3.8, 4) is 0 Å². The van der Waals surface area contributed by atoms with E-state index in [1.165, 1.54) is 12.1 Å². The van der Waals surface area contributed by atoms with Crippen molar-refractivity contribution in [3.63, 3.8) is 0 Å². The molecule has 0 aromatic heterocycles. The Morgan fingerprint density at radius 1 is 0.952 bits per heavy atom. The van der Waals surface area contributed by atoms with E-state index in [0.717, 1.165) is 24.3 Å². The van der Waals surface area contributed by atoms with E-state index in [2.05, 4.69) is 0 Å². The van der Waals surface area contributed by atoms with E-state index >= 15 is 0 Å². The molecular weight excluding hydrogens is 284 g/mol. The van der Waals surface area contributed by atoms with Crippen LogP contribution in [0.4, 0.5) is 17.6 Å². The van der Waals surface area contributed by atoms with Crippen LogP contribution in [0.3, 0.4) is 0 Å². The van der Waals surface area contributed by atoms with Crippen LogP contribution in [0.25, 0.3) is 0 Å². The summed E-state index contributed by atoms with van der Waals surface area (Å²) in [6, 6.07) is 11.8. The van der Waals surface area contributed by atoms with Gasteiger partial charge in [-0.25, -0.2) is 4.39 Å². The molecule has 21 heavy (non-hydrogen) atoms. The van der Waals surface area contributed by atoms with Gasteiger partial charge in [-0.05, 0) is 17.7 Å². The van der Waals surface area contributed by atoms with E-state index in [0.29, 0.717) is 0 Å². The first kappa shape index (κ1) is 15.2. The van der Waals surface area contributed by atoms with Crippen LogP contribution in [0.2, 0.25) is 0 Å². The summed E-state index contributed by atoms with van der Waals surface area (Å²) in [4.78, 5) is 12.0. The third kappa shape index (κ3) is 3.90. The lowest BCUT2D eigenvalue weighted by molar-refractivity contribution is -0.149. The highest BCUT2D eigenvalue weighted by Gasteiger charge is 2.41. The molecule has 0 aliphatic carbocycles. The summed E-state index contributed by atoms with van der Waals surface area (Å²) in [5.41, 5.74) is 0.113. The number of carbonyl (C=O) groups is 1. The van der Waals surface area contributed by atoms with Crippen LogP contribution in [-0.4, -0.2) is 12.0 Å². The van der Waals surface area contributed by atoms with Crippen LogP contribution in [0.1, 0.15) is 28.3 Å². The van der Waals surface area contributed by atoms with E-state index in [-0.39, 0.29) is 11.1 Å². The Kier molecular flexibility index (Phi) is 4.40. The van der Waals surface area contributed by atoms with Crippen LogP contribution < -0.4 is 0 Å². The van der Waals surface area contributed by atoms with Crippen molar-refractivity contribution in [1.29, 1.82) is 0 Å². The van der Waals surface area contributed by atoms with Crippen molar-refractivity contribution in [2.24, 2.45) is 0 Å². The summed E-state index contributed by atoms with van der Waals surface area (Å²) >= 11 is 0. The number of alkyl halides is 3. The number of benzene rings is 2. The fourth-order valence-corrected chi connectivity index (χ4v) is 2.04. The van der Waals surface area contributed by atoms with Gasteiger partial charge in [-0.1, -0.05) is 42.5 Å². The average molecular weight is 296 g/mol. The van der Waals surface area contributed by atoms with Crippen molar-refractivity contribution in [3.05, 3.63) is 71.5 Å². The van der Waals surface area contributed by atoms with Crippen molar-refractivity contribution in [2.45, 2.75) is 18.5 Å². The molecule has 110 valence electrons. The van der Waals surface area contributed by atoms with Gasteiger partial charge in [-0.3, -0.25) is 4.79 Å². The third-order valence-electron chi connectivity index (χ3n) is 3.15. The second-order valence-electron chi connectivity index (χ2n) is 4.64. The lowest BCUT2D eigenvalue weighted by Crippen LogP contribution is -2.23. The number of rotatable bonds is 4. The van der Waals surface area contributed by atoms with Crippen molar-refractivity contribution in [1.82, 2.24) is 0 Å². The Hall–Kier alpha value is -2.17. The first-order chi connectivity index (χ1) is 9.88. The molecule has 0 aliphatic heterocycles. The van der Waals surface area contributed by atoms with E-state index in [1.807, 2.05) is 0 Å². The Balaban J connectivity index is 2.26. The minimum Gasteiger partial charge on any atom is -0.294 e. The molecule has 0 bridgehead atoms. The standard InChI is InChI=1S/C16H12F4O/c17-13-8-6-11(7-9-13)14(16(18,19)20)10-15(21)12-4-2-1-3-5-12/h1-9,14H,10H2. The predicted molar refractivity (Wildman–Crippen MR) is 70.6 cm³/mol. The summed E-state index contributed by atoms with van der Waals surface area (Å²) in [6.07, 6.45) is -5.26. The first-order valence-corrected chi connectivity index (χ1v) is 6.28. The molecule has 0 saturated heterocycles. The number of halogens is 4. The molecule has 0 saturated carbocycles. The van der Waals surface area contributed by atoms with Gasteiger partial charge in [0.05, 0.1) is 5.92 Å². The predicted octanol–water partition coefficient (Wildman–Crippen LogP) is 4.74. The molecule has 5 heteroatoms. The molecule has 2 rings (SSSR count). The highest BCUT2D eigenvalue weighted by atomic mass is 19.4. The van der Waals surface area contributed by atoms with E-state index in [1.54, 1.807) is 18.2 Å². The summed E-state index contributed by atoms with van der Waals surface area (Å²) in [6.45, 7) is 0. The zero-order valence-electron chi connectivity index (χ0n) is 10.9. The fourth-order valence-electron chi connectivity index (χ4n) is 2.04. The maximum atomic E-state index is 13.1. The number of carbonyl (C=O) groups excluding carboxylic acids is 1. The van der Waals surface area contributed by atoms with Crippen LogP contribution in [0.15, 0.2) is 54.6 Å². The Morgan fingerprint density at radius 2 is 1.52 bits per heavy atom. The molecule has 0 fully saturated rings. The van der Waals surface area contributed by atoms with E-state index < -0.39 is 30.1 Å². The second kappa shape index (κ2) is 6.08. The molecule has 0 heterocycles. The molecular formula is C16H12F4O. The van der Waals surface area contributed by atoms with Gasteiger partial charge in [0, 0.05) is 12.0 Å². The SMILES string of the molecule is O=C(CC(c1ccc(F)cc1)C(F)(F)F)c1ccccc1. The number of hydrogen-bond donors (Lipinski definition) is 0. The van der Waals surface area contributed by atoms with Crippen LogP contribution in [-0.2, 0) is 0 Å². The van der Waals surface area contributed by atoms with Crippen LogP contribution in [0, 0.1) is 5.82 Å². The molecule has 1 unspecified atom stereocenters.